The molecule has 2 aliphatic rings. The topological polar surface area (TPSA) is 91.6 Å². The van der Waals surface area contributed by atoms with E-state index in [0.29, 0.717) is 43.2 Å². The molecule has 3 amide bonds. The molecule has 2 fully saturated rings. The van der Waals surface area contributed by atoms with Crippen LogP contribution in [-0.2, 0) is 11.3 Å². The summed E-state index contributed by atoms with van der Waals surface area (Å²) < 4.78 is 5.33. The molecular weight excluding hydrogens is 334 g/mol. The van der Waals surface area contributed by atoms with Crippen LogP contribution in [0.4, 0.5) is 4.79 Å². The SMILES string of the molecule is CCN(Cc1noc(C2CCC2)n1)C(=O)NC[C@@H]1CCCN(C(C)=O)C1. The average Bonchev–Trinajstić information content (AvgIpc) is 3.04. The first-order valence-corrected chi connectivity index (χ1v) is 9.67. The van der Waals surface area contributed by atoms with E-state index < -0.39 is 0 Å². The normalized spacial score (nSPS) is 20.5. The van der Waals surface area contributed by atoms with Gasteiger partial charge in [0, 0.05) is 39.0 Å². The number of rotatable bonds is 6. The van der Waals surface area contributed by atoms with Gasteiger partial charge >= 0.3 is 6.03 Å². The molecule has 8 heteroatoms. The second kappa shape index (κ2) is 8.51. The first-order chi connectivity index (χ1) is 12.6. The Hall–Kier alpha value is -2.12. The molecule has 0 spiro atoms. The van der Waals surface area contributed by atoms with Crippen LogP contribution in [-0.4, -0.2) is 58.1 Å². The van der Waals surface area contributed by atoms with E-state index in [-0.39, 0.29) is 11.9 Å². The highest BCUT2D eigenvalue weighted by atomic mass is 16.5. The number of amides is 3. The van der Waals surface area contributed by atoms with E-state index in [1.807, 2.05) is 11.8 Å². The van der Waals surface area contributed by atoms with Gasteiger partial charge in [-0.15, -0.1) is 0 Å². The number of hydrogen-bond donors (Lipinski definition) is 1. The molecule has 1 aromatic heterocycles. The molecule has 2 heterocycles. The summed E-state index contributed by atoms with van der Waals surface area (Å²) in [6.07, 6.45) is 5.46. The Bertz CT molecular complexity index is 628. The molecule has 1 saturated carbocycles. The highest BCUT2D eigenvalue weighted by Gasteiger charge is 2.26. The van der Waals surface area contributed by atoms with Gasteiger partial charge in [-0.2, -0.15) is 4.98 Å². The molecule has 26 heavy (non-hydrogen) atoms. The van der Waals surface area contributed by atoms with Crippen molar-refractivity contribution in [1.29, 1.82) is 0 Å². The van der Waals surface area contributed by atoms with Crippen molar-refractivity contribution in [3.05, 3.63) is 11.7 Å². The minimum atomic E-state index is -0.123. The summed E-state index contributed by atoms with van der Waals surface area (Å²) in [5.74, 6) is 2.08. The van der Waals surface area contributed by atoms with Crippen molar-refractivity contribution in [2.75, 3.05) is 26.2 Å². The maximum atomic E-state index is 12.5. The highest BCUT2D eigenvalue weighted by Crippen LogP contribution is 2.35. The van der Waals surface area contributed by atoms with Gasteiger partial charge in [0.15, 0.2) is 5.82 Å². The lowest BCUT2D eigenvalue weighted by atomic mass is 9.85. The van der Waals surface area contributed by atoms with Crippen molar-refractivity contribution in [3.8, 4) is 0 Å². The Morgan fingerprint density at radius 2 is 2.12 bits per heavy atom. The van der Waals surface area contributed by atoms with Crippen LogP contribution in [0.15, 0.2) is 4.52 Å². The Morgan fingerprint density at radius 3 is 2.77 bits per heavy atom. The molecule has 0 unspecified atom stereocenters. The quantitative estimate of drug-likeness (QED) is 0.836. The maximum Gasteiger partial charge on any atom is 0.317 e. The molecule has 1 aromatic rings. The average molecular weight is 363 g/mol. The zero-order valence-corrected chi connectivity index (χ0v) is 15.7. The summed E-state index contributed by atoms with van der Waals surface area (Å²) in [7, 11) is 0. The van der Waals surface area contributed by atoms with E-state index in [9.17, 15) is 9.59 Å². The molecule has 3 rings (SSSR count). The minimum Gasteiger partial charge on any atom is -0.343 e. The van der Waals surface area contributed by atoms with Crippen LogP contribution in [0.2, 0.25) is 0 Å². The Morgan fingerprint density at radius 1 is 1.31 bits per heavy atom. The van der Waals surface area contributed by atoms with Gasteiger partial charge in [-0.25, -0.2) is 4.79 Å². The Balaban J connectivity index is 1.47. The molecule has 1 saturated heterocycles. The fraction of sp³-hybridized carbons (Fsp3) is 0.778. The summed E-state index contributed by atoms with van der Waals surface area (Å²) in [5, 5.41) is 7.01. The molecule has 0 radical (unpaired) electrons. The van der Waals surface area contributed by atoms with Crippen molar-refractivity contribution < 1.29 is 14.1 Å². The lowest BCUT2D eigenvalue weighted by Crippen LogP contribution is -2.46. The van der Waals surface area contributed by atoms with E-state index in [1.165, 1.54) is 6.42 Å². The van der Waals surface area contributed by atoms with Crippen molar-refractivity contribution in [3.63, 3.8) is 0 Å². The molecule has 144 valence electrons. The van der Waals surface area contributed by atoms with Crippen molar-refractivity contribution >= 4 is 11.9 Å². The van der Waals surface area contributed by atoms with Crippen LogP contribution in [0.1, 0.15) is 63.6 Å². The number of aromatic nitrogens is 2. The van der Waals surface area contributed by atoms with E-state index in [0.717, 1.165) is 38.8 Å². The number of carbonyl (C=O) groups is 2. The van der Waals surface area contributed by atoms with Crippen molar-refractivity contribution in [2.45, 2.75) is 58.4 Å². The number of likely N-dealkylation sites (tertiary alicyclic amines) is 1. The zero-order chi connectivity index (χ0) is 18.5. The van der Waals surface area contributed by atoms with E-state index in [4.69, 9.17) is 4.52 Å². The van der Waals surface area contributed by atoms with Crippen molar-refractivity contribution in [2.24, 2.45) is 5.92 Å². The van der Waals surface area contributed by atoms with Gasteiger partial charge in [-0.3, -0.25) is 4.79 Å². The standard InChI is InChI=1S/C18H29N5O3/c1-3-22(12-16-20-17(26-21-16)15-7-4-8-15)18(25)19-10-14-6-5-9-23(11-14)13(2)24/h14-15H,3-12H2,1-2H3,(H,19,25)/t14-/m0/s1. The summed E-state index contributed by atoms with van der Waals surface area (Å²) in [5.41, 5.74) is 0. The monoisotopic (exact) mass is 363 g/mol. The van der Waals surface area contributed by atoms with Gasteiger partial charge in [0.2, 0.25) is 11.8 Å². The van der Waals surface area contributed by atoms with E-state index in [2.05, 4.69) is 15.5 Å². The number of urea groups is 1. The van der Waals surface area contributed by atoms with Gasteiger partial charge in [0.05, 0.1) is 6.54 Å². The van der Waals surface area contributed by atoms with Crippen LogP contribution in [0, 0.1) is 5.92 Å². The second-order valence-electron chi connectivity index (χ2n) is 7.35. The number of nitrogens with one attached hydrogen (secondary N) is 1. The molecule has 0 aromatic carbocycles. The highest BCUT2D eigenvalue weighted by molar-refractivity contribution is 5.74. The Kier molecular flexibility index (Phi) is 6.11. The van der Waals surface area contributed by atoms with Crippen LogP contribution >= 0.6 is 0 Å². The first kappa shape index (κ1) is 18.7. The van der Waals surface area contributed by atoms with Crippen molar-refractivity contribution in [1.82, 2.24) is 25.3 Å². The maximum absolute atomic E-state index is 12.5. The van der Waals surface area contributed by atoms with Crippen LogP contribution in [0.25, 0.3) is 0 Å². The molecule has 1 aliphatic carbocycles. The van der Waals surface area contributed by atoms with Crippen LogP contribution < -0.4 is 5.32 Å². The lowest BCUT2D eigenvalue weighted by Gasteiger charge is -2.32. The fourth-order valence-electron chi connectivity index (χ4n) is 3.51. The molecule has 8 nitrogen and oxygen atoms in total. The predicted molar refractivity (Wildman–Crippen MR) is 95.4 cm³/mol. The summed E-state index contributed by atoms with van der Waals surface area (Å²) in [6.45, 7) is 6.58. The van der Waals surface area contributed by atoms with Gasteiger partial charge in [-0.1, -0.05) is 11.6 Å². The molecule has 1 aliphatic heterocycles. The smallest absolute Gasteiger partial charge is 0.317 e. The number of hydrogen-bond acceptors (Lipinski definition) is 5. The minimum absolute atomic E-state index is 0.107. The van der Waals surface area contributed by atoms with E-state index >= 15 is 0 Å². The zero-order valence-electron chi connectivity index (χ0n) is 15.7. The van der Waals surface area contributed by atoms with Gasteiger partial charge in [-0.05, 0) is 38.5 Å². The fourth-order valence-corrected chi connectivity index (χ4v) is 3.51. The first-order valence-electron chi connectivity index (χ1n) is 9.67. The molecular formula is C18H29N5O3. The number of carbonyl (C=O) groups excluding carboxylic acids is 2. The van der Waals surface area contributed by atoms with Crippen LogP contribution in [0.3, 0.4) is 0 Å². The van der Waals surface area contributed by atoms with Gasteiger partial charge < -0.3 is 19.6 Å². The van der Waals surface area contributed by atoms with E-state index in [1.54, 1.807) is 11.8 Å². The summed E-state index contributed by atoms with van der Waals surface area (Å²) in [6, 6.07) is -0.123. The predicted octanol–water partition coefficient (Wildman–Crippen LogP) is 2.13. The third kappa shape index (κ3) is 4.53. The molecule has 1 atom stereocenters. The molecule has 1 N–H and O–H groups in total. The van der Waals surface area contributed by atoms with Crippen LogP contribution in [0.5, 0.6) is 0 Å². The number of piperidine rings is 1. The second-order valence-corrected chi connectivity index (χ2v) is 7.35. The lowest BCUT2D eigenvalue weighted by molar-refractivity contribution is -0.130. The third-order valence-electron chi connectivity index (χ3n) is 5.45. The number of nitrogens with zero attached hydrogens (tertiary/aromatic N) is 4. The third-order valence-corrected chi connectivity index (χ3v) is 5.45. The Labute approximate surface area is 154 Å². The molecule has 0 bridgehead atoms. The summed E-state index contributed by atoms with van der Waals surface area (Å²) >= 11 is 0. The van der Waals surface area contributed by atoms with Gasteiger partial charge in [0.1, 0.15) is 0 Å². The largest absolute Gasteiger partial charge is 0.343 e. The van der Waals surface area contributed by atoms with Gasteiger partial charge in [0.25, 0.3) is 0 Å². The summed E-state index contributed by atoms with van der Waals surface area (Å²) in [4.78, 5) is 32.0.